The molecule has 0 saturated heterocycles. The molecule has 0 aliphatic rings. The first-order valence-electron chi connectivity index (χ1n) is 6.45. The van der Waals surface area contributed by atoms with Gasteiger partial charge < -0.3 is 10.2 Å². The summed E-state index contributed by atoms with van der Waals surface area (Å²) in [6.07, 6.45) is 0.332. The van der Waals surface area contributed by atoms with E-state index in [9.17, 15) is 9.59 Å². The highest BCUT2D eigenvalue weighted by Crippen LogP contribution is 2.20. The van der Waals surface area contributed by atoms with Crippen LogP contribution in [0, 0.1) is 6.92 Å². The van der Waals surface area contributed by atoms with Crippen LogP contribution >= 0.6 is 11.3 Å². The third-order valence-electron chi connectivity index (χ3n) is 2.72. The Bertz CT molecular complexity index is 427. The van der Waals surface area contributed by atoms with E-state index in [0.29, 0.717) is 26.1 Å². The van der Waals surface area contributed by atoms with Crippen LogP contribution in [0.4, 0.5) is 9.80 Å². The molecule has 0 radical (unpaired) electrons. The smallest absolute Gasteiger partial charge is 0.319 e. The molecule has 1 rings (SSSR count). The average molecular weight is 283 g/mol. The van der Waals surface area contributed by atoms with Crippen molar-refractivity contribution in [3.05, 3.63) is 17.0 Å². The molecule has 0 bridgehead atoms. The molecule has 6 heteroatoms. The summed E-state index contributed by atoms with van der Waals surface area (Å²) >= 11 is 1.52. The van der Waals surface area contributed by atoms with Crippen LogP contribution in [0.15, 0.2) is 12.1 Å². The molecule has 1 heterocycles. The van der Waals surface area contributed by atoms with E-state index in [1.54, 1.807) is 4.90 Å². The number of carbonyl (C=O) groups is 2. The normalized spacial score (nSPS) is 10.1. The number of hydrogen-bond donors (Lipinski definition) is 2. The number of aryl methyl sites for hydroxylation is 1. The summed E-state index contributed by atoms with van der Waals surface area (Å²) in [6.45, 7) is 7.63. The fourth-order valence-electron chi connectivity index (χ4n) is 1.68. The Morgan fingerprint density at radius 2 is 1.95 bits per heavy atom. The van der Waals surface area contributed by atoms with Crippen molar-refractivity contribution in [1.82, 2.24) is 10.2 Å². The molecule has 0 aliphatic heterocycles. The third kappa shape index (κ3) is 5.30. The number of nitrogens with one attached hydrogen (secondary N) is 2. The number of thiophene rings is 1. The van der Waals surface area contributed by atoms with Crippen molar-refractivity contribution in [3.63, 3.8) is 0 Å². The Kier molecular flexibility index (Phi) is 6.35. The predicted octanol–water partition coefficient (Wildman–Crippen LogP) is 2.44. The second-order valence-corrected chi connectivity index (χ2v) is 5.40. The molecule has 0 unspecified atom stereocenters. The maximum atomic E-state index is 11.7. The SMILES string of the molecule is CCN(CC)C(=O)CCNC(=O)Nc1ccc(C)s1. The summed E-state index contributed by atoms with van der Waals surface area (Å²) in [6, 6.07) is 3.54. The number of nitrogens with zero attached hydrogens (tertiary/aromatic N) is 1. The summed E-state index contributed by atoms with van der Waals surface area (Å²) in [5, 5.41) is 6.23. The summed E-state index contributed by atoms with van der Waals surface area (Å²) < 4.78 is 0. The lowest BCUT2D eigenvalue weighted by atomic mass is 10.3. The Morgan fingerprint density at radius 3 is 2.47 bits per heavy atom. The van der Waals surface area contributed by atoms with Crippen molar-refractivity contribution in [2.75, 3.05) is 25.0 Å². The van der Waals surface area contributed by atoms with E-state index in [4.69, 9.17) is 0 Å². The van der Waals surface area contributed by atoms with Crippen LogP contribution in [0.25, 0.3) is 0 Å². The van der Waals surface area contributed by atoms with Crippen LogP contribution in [-0.4, -0.2) is 36.5 Å². The molecule has 0 aromatic carbocycles. The first kappa shape index (κ1) is 15.5. The molecular weight excluding hydrogens is 262 g/mol. The number of carbonyl (C=O) groups excluding carboxylic acids is 2. The molecule has 3 amide bonds. The molecule has 0 aliphatic carbocycles. The van der Waals surface area contributed by atoms with Crippen molar-refractivity contribution < 1.29 is 9.59 Å². The number of anilines is 1. The molecule has 19 heavy (non-hydrogen) atoms. The first-order chi connectivity index (χ1) is 9.06. The molecular formula is C13H21N3O2S. The van der Waals surface area contributed by atoms with Gasteiger partial charge in [-0.3, -0.25) is 10.1 Å². The van der Waals surface area contributed by atoms with Gasteiger partial charge in [0.2, 0.25) is 5.91 Å². The lowest BCUT2D eigenvalue weighted by Gasteiger charge is -2.18. The Hall–Kier alpha value is -1.56. The molecule has 0 saturated carbocycles. The molecule has 1 aromatic rings. The fraction of sp³-hybridized carbons (Fsp3) is 0.538. The average Bonchev–Trinajstić information content (AvgIpc) is 2.76. The predicted molar refractivity (Wildman–Crippen MR) is 78.6 cm³/mol. The van der Waals surface area contributed by atoms with E-state index in [0.717, 1.165) is 9.88 Å². The Balaban J connectivity index is 2.25. The number of hydrogen-bond acceptors (Lipinski definition) is 3. The fourth-order valence-corrected chi connectivity index (χ4v) is 2.44. The number of rotatable bonds is 6. The Labute approximate surface area is 118 Å². The van der Waals surface area contributed by atoms with Gasteiger partial charge in [-0.2, -0.15) is 0 Å². The molecule has 2 N–H and O–H groups in total. The van der Waals surface area contributed by atoms with Crippen molar-refractivity contribution in [3.8, 4) is 0 Å². The van der Waals surface area contributed by atoms with Crippen LogP contribution in [0.1, 0.15) is 25.1 Å². The summed E-state index contributed by atoms with van der Waals surface area (Å²) in [5.74, 6) is 0.0669. The summed E-state index contributed by atoms with van der Waals surface area (Å²) in [7, 11) is 0. The largest absolute Gasteiger partial charge is 0.343 e. The topological polar surface area (TPSA) is 61.4 Å². The minimum Gasteiger partial charge on any atom is -0.343 e. The molecule has 1 aromatic heterocycles. The van der Waals surface area contributed by atoms with Crippen molar-refractivity contribution in [2.45, 2.75) is 27.2 Å². The standard InChI is InChI=1S/C13H21N3O2S/c1-4-16(5-2)12(17)8-9-14-13(18)15-11-7-6-10(3)19-11/h6-7H,4-5,8-9H2,1-3H3,(H2,14,15,18). The monoisotopic (exact) mass is 283 g/mol. The zero-order valence-electron chi connectivity index (χ0n) is 11.7. The summed E-state index contributed by atoms with van der Waals surface area (Å²) in [5.41, 5.74) is 0. The van der Waals surface area contributed by atoms with E-state index in [1.165, 1.54) is 11.3 Å². The van der Waals surface area contributed by atoms with E-state index < -0.39 is 0 Å². The highest BCUT2D eigenvalue weighted by atomic mass is 32.1. The van der Waals surface area contributed by atoms with Gasteiger partial charge in [-0.1, -0.05) is 0 Å². The van der Waals surface area contributed by atoms with Crippen molar-refractivity contribution in [2.24, 2.45) is 0 Å². The summed E-state index contributed by atoms with van der Waals surface area (Å²) in [4.78, 5) is 26.2. The third-order valence-corrected chi connectivity index (χ3v) is 3.63. The Morgan fingerprint density at radius 1 is 1.26 bits per heavy atom. The van der Waals surface area contributed by atoms with Gasteiger partial charge in [0.1, 0.15) is 0 Å². The molecule has 5 nitrogen and oxygen atoms in total. The first-order valence-corrected chi connectivity index (χ1v) is 7.27. The van der Waals surface area contributed by atoms with Gasteiger partial charge >= 0.3 is 6.03 Å². The van der Waals surface area contributed by atoms with Gasteiger partial charge in [-0.15, -0.1) is 11.3 Å². The molecule has 0 atom stereocenters. The zero-order valence-corrected chi connectivity index (χ0v) is 12.5. The van der Waals surface area contributed by atoms with E-state index in [2.05, 4.69) is 10.6 Å². The highest BCUT2D eigenvalue weighted by Gasteiger charge is 2.09. The number of amides is 3. The molecule has 106 valence electrons. The number of urea groups is 1. The molecule has 0 fully saturated rings. The van der Waals surface area contributed by atoms with Crippen LogP contribution in [-0.2, 0) is 4.79 Å². The second kappa shape index (κ2) is 7.78. The van der Waals surface area contributed by atoms with Crippen molar-refractivity contribution in [1.29, 1.82) is 0 Å². The van der Waals surface area contributed by atoms with Gasteiger partial charge in [0.25, 0.3) is 0 Å². The van der Waals surface area contributed by atoms with Crippen LogP contribution in [0.3, 0.4) is 0 Å². The maximum absolute atomic E-state index is 11.7. The van der Waals surface area contributed by atoms with Crippen LogP contribution in [0.5, 0.6) is 0 Å². The highest BCUT2D eigenvalue weighted by molar-refractivity contribution is 7.16. The van der Waals surface area contributed by atoms with Crippen molar-refractivity contribution >= 4 is 28.3 Å². The minimum absolute atomic E-state index is 0.0669. The van der Waals surface area contributed by atoms with Crippen LogP contribution in [0.2, 0.25) is 0 Å². The van der Waals surface area contributed by atoms with Gasteiger partial charge in [-0.25, -0.2) is 4.79 Å². The van der Waals surface area contributed by atoms with Gasteiger partial charge in [-0.05, 0) is 32.9 Å². The lowest BCUT2D eigenvalue weighted by Crippen LogP contribution is -2.35. The molecule has 0 spiro atoms. The lowest BCUT2D eigenvalue weighted by molar-refractivity contribution is -0.130. The quantitative estimate of drug-likeness (QED) is 0.842. The van der Waals surface area contributed by atoms with Crippen LogP contribution < -0.4 is 10.6 Å². The zero-order chi connectivity index (χ0) is 14.3. The second-order valence-electron chi connectivity index (χ2n) is 4.11. The van der Waals surface area contributed by atoms with Gasteiger partial charge in [0, 0.05) is 30.9 Å². The van der Waals surface area contributed by atoms with E-state index >= 15 is 0 Å². The maximum Gasteiger partial charge on any atom is 0.319 e. The van der Waals surface area contributed by atoms with E-state index in [-0.39, 0.29) is 11.9 Å². The van der Waals surface area contributed by atoms with E-state index in [1.807, 2.05) is 32.9 Å². The minimum atomic E-state index is -0.269. The van der Waals surface area contributed by atoms with Gasteiger partial charge in [0.05, 0.1) is 5.00 Å². The van der Waals surface area contributed by atoms with Gasteiger partial charge in [0.15, 0.2) is 0 Å².